The average Bonchev–Trinajstić information content (AvgIpc) is 2.51. The summed E-state index contributed by atoms with van der Waals surface area (Å²) in [6.07, 6.45) is 4.88. The highest BCUT2D eigenvalue weighted by Gasteiger charge is 2.41. The summed E-state index contributed by atoms with van der Waals surface area (Å²) in [5.74, 6) is -0.392. The molecule has 2 rings (SSSR count). The van der Waals surface area contributed by atoms with Gasteiger partial charge in [0.15, 0.2) is 0 Å². The van der Waals surface area contributed by atoms with Crippen LogP contribution in [0.2, 0.25) is 0 Å². The second-order valence-electron chi connectivity index (χ2n) is 5.49. The number of rotatable bonds is 4. The number of aliphatic hydroxyl groups is 1. The Labute approximate surface area is 124 Å². The van der Waals surface area contributed by atoms with Gasteiger partial charge in [-0.25, -0.2) is 4.98 Å². The highest BCUT2D eigenvalue weighted by atomic mass is 16.5. The lowest BCUT2D eigenvalue weighted by Gasteiger charge is -2.43. The highest BCUT2D eigenvalue weighted by molar-refractivity contribution is 5.92. The molecule has 0 bridgehead atoms. The molecule has 2 heterocycles. The Bertz CT molecular complexity index is 468. The molecule has 1 aliphatic rings. The van der Waals surface area contributed by atoms with E-state index in [2.05, 4.69) is 15.3 Å². The molecule has 0 spiro atoms. The lowest BCUT2D eigenvalue weighted by atomic mass is 9.82. The van der Waals surface area contributed by atoms with Crippen LogP contribution in [-0.2, 0) is 4.74 Å². The number of carbonyl (C=O) groups excluding carboxylic acids is 1. The third-order valence-corrected chi connectivity index (χ3v) is 4.22. The van der Waals surface area contributed by atoms with Crippen molar-refractivity contribution in [3.05, 3.63) is 24.3 Å². The second kappa shape index (κ2) is 6.95. The van der Waals surface area contributed by atoms with E-state index in [1.54, 1.807) is 0 Å². The Morgan fingerprint density at radius 3 is 2.71 bits per heavy atom. The fraction of sp³-hybridized carbons (Fsp3) is 0.667. The van der Waals surface area contributed by atoms with Crippen LogP contribution in [-0.4, -0.2) is 39.4 Å². The van der Waals surface area contributed by atoms with Crippen LogP contribution in [0, 0.1) is 11.8 Å². The molecule has 1 aromatic heterocycles. The van der Waals surface area contributed by atoms with Crippen molar-refractivity contribution in [2.75, 3.05) is 0 Å². The van der Waals surface area contributed by atoms with Crippen molar-refractivity contribution in [2.45, 2.75) is 52.0 Å². The van der Waals surface area contributed by atoms with Crippen LogP contribution in [0.1, 0.15) is 44.1 Å². The predicted octanol–water partition coefficient (Wildman–Crippen LogP) is 1.36. The van der Waals surface area contributed by atoms with E-state index in [-0.39, 0.29) is 29.5 Å². The van der Waals surface area contributed by atoms with Gasteiger partial charge in [0.05, 0.1) is 18.4 Å². The van der Waals surface area contributed by atoms with Gasteiger partial charge in [0.25, 0.3) is 5.91 Å². The zero-order valence-electron chi connectivity index (χ0n) is 12.7. The van der Waals surface area contributed by atoms with Crippen LogP contribution >= 0.6 is 0 Å². The first-order chi connectivity index (χ1) is 10.1. The normalized spacial score (nSPS) is 32.7. The molecule has 6 heteroatoms. The molecule has 1 amide bonds. The number of carbonyl (C=O) groups is 1. The first kappa shape index (κ1) is 15.9. The Hall–Kier alpha value is -1.53. The van der Waals surface area contributed by atoms with Crippen molar-refractivity contribution >= 4 is 5.91 Å². The minimum absolute atomic E-state index is 0.0598. The smallest absolute Gasteiger partial charge is 0.273 e. The van der Waals surface area contributed by atoms with Gasteiger partial charge in [-0.2, -0.15) is 0 Å². The van der Waals surface area contributed by atoms with Gasteiger partial charge in [0.2, 0.25) is 0 Å². The van der Waals surface area contributed by atoms with Gasteiger partial charge in [0, 0.05) is 24.2 Å². The number of ether oxygens (including phenoxy) is 1. The van der Waals surface area contributed by atoms with E-state index in [4.69, 9.17) is 4.74 Å². The van der Waals surface area contributed by atoms with E-state index in [1.807, 2.05) is 20.8 Å². The van der Waals surface area contributed by atoms with E-state index in [0.717, 1.165) is 12.8 Å². The molecular formula is C15H23N3O3. The highest BCUT2D eigenvalue weighted by Crippen LogP contribution is 2.32. The number of aliphatic hydroxyl groups excluding tert-OH is 1. The number of hydrogen-bond donors (Lipinski definition) is 2. The average molecular weight is 293 g/mol. The maximum absolute atomic E-state index is 12.2. The van der Waals surface area contributed by atoms with Gasteiger partial charge in [-0.05, 0) is 12.8 Å². The van der Waals surface area contributed by atoms with Gasteiger partial charge in [0.1, 0.15) is 11.9 Å². The van der Waals surface area contributed by atoms with Crippen LogP contribution in [0.4, 0.5) is 0 Å². The summed E-state index contributed by atoms with van der Waals surface area (Å²) in [4.78, 5) is 20.0. The van der Waals surface area contributed by atoms with E-state index in [1.165, 1.54) is 18.6 Å². The predicted molar refractivity (Wildman–Crippen MR) is 77.4 cm³/mol. The van der Waals surface area contributed by atoms with Gasteiger partial charge in [-0.3, -0.25) is 9.78 Å². The van der Waals surface area contributed by atoms with E-state index < -0.39 is 12.3 Å². The molecule has 1 aliphatic heterocycles. The molecule has 6 nitrogen and oxygen atoms in total. The van der Waals surface area contributed by atoms with Crippen molar-refractivity contribution in [1.29, 1.82) is 0 Å². The minimum Gasteiger partial charge on any atom is -0.392 e. The van der Waals surface area contributed by atoms with E-state index in [0.29, 0.717) is 0 Å². The number of hydrogen-bond acceptors (Lipinski definition) is 5. The molecule has 0 aliphatic carbocycles. The summed E-state index contributed by atoms with van der Waals surface area (Å²) in [6, 6.07) is 0. The van der Waals surface area contributed by atoms with Crippen LogP contribution in [0.25, 0.3) is 0 Å². The molecule has 1 aromatic rings. The fourth-order valence-corrected chi connectivity index (χ4v) is 2.89. The van der Waals surface area contributed by atoms with E-state index in [9.17, 15) is 9.90 Å². The molecule has 0 aromatic carbocycles. The Balaban J connectivity index is 2.11. The SMILES string of the molecule is CCC1OC(NC(=O)c2cnccn2)C(CC)C(O)C1C. The summed E-state index contributed by atoms with van der Waals surface area (Å²) in [5.41, 5.74) is 0.247. The number of aromatic nitrogens is 2. The van der Waals surface area contributed by atoms with Crippen LogP contribution in [0.15, 0.2) is 18.6 Å². The maximum atomic E-state index is 12.2. The third kappa shape index (κ3) is 3.39. The van der Waals surface area contributed by atoms with Crippen molar-refractivity contribution in [1.82, 2.24) is 15.3 Å². The van der Waals surface area contributed by atoms with Crippen molar-refractivity contribution in [3.63, 3.8) is 0 Å². The molecule has 116 valence electrons. The summed E-state index contributed by atoms with van der Waals surface area (Å²) in [6.45, 7) is 5.99. The standard InChI is InChI=1S/C15H23N3O3/c1-4-10-13(19)9(3)12(5-2)21-15(10)18-14(20)11-8-16-6-7-17-11/h6-10,12-13,15,19H,4-5H2,1-3H3,(H,18,20). The van der Waals surface area contributed by atoms with Gasteiger partial charge >= 0.3 is 0 Å². The summed E-state index contributed by atoms with van der Waals surface area (Å²) in [7, 11) is 0. The zero-order valence-corrected chi connectivity index (χ0v) is 12.7. The largest absolute Gasteiger partial charge is 0.392 e. The first-order valence-electron chi connectivity index (χ1n) is 7.48. The van der Waals surface area contributed by atoms with Gasteiger partial charge in [-0.15, -0.1) is 0 Å². The van der Waals surface area contributed by atoms with Crippen LogP contribution in [0.5, 0.6) is 0 Å². The monoisotopic (exact) mass is 293 g/mol. The zero-order chi connectivity index (χ0) is 15.4. The molecule has 21 heavy (non-hydrogen) atoms. The summed E-state index contributed by atoms with van der Waals surface area (Å²) < 4.78 is 5.97. The summed E-state index contributed by atoms with van der Waals surface area (Å²) in [5, 5.41) is 13.3. The molecule has 0 saturated carbocycles. The van der Waals surface area contributed by atoms with Crippen LogP contribution < -0.4 is 5.32 Å². The molecular weight excluding hydrogens is 270 g/mol. The molecule has 1 fully saturated rings. The number of amides is 1. The Morgan fingerprint density at radius 2 is 2.14 bits per heavy atom. The summed E-state index contributed by atoms with van der Waals surface area (Å²) >= 11 is 0. The topological polar surface area (TPSA) is 84.3 Å². The number of nitrogens with zero attached hydrogens (tertiary/aromatic N) is 2. The lowest BCUT2D eigenvalue weighted by molar-refractivity contribution is -0.175. The van der Waals surface area contributed by atoms with Crippen molar-refractivity contribution in [2.24, 2.45) is 11.8 Å². The van der Waals surface area contributed by atoms with Crippen molar-refractivity contribution in [3.8, 4) is 0 Å². The Morgan fingerprint density at radius 1 is 1.38 bits per heavy atom. The number of nitrogens with one attached hydrogen (secondary N) is 1. The van der Waals surface area contributed by atoms with Crippen molar-refractivity contribution < 1.29 is 14.6 Å². The maximum Gasteiger partial charge on any atom is 0.273 e. The Kier molecular flexibility index (Phi) is 5.25. The van der Waals surface area contributed by atoms with Gasteiger partial charge in [-0.1, -0.05) is 20.8 Å². The van der Waals surface area contributed by atoms with Crippen LogP contribution in [0.3, 0.4) is 0 Å². The molecule has 5 atom stereocenters. The molecule has 0 radical (unpaired) electrons. The quantitative estimate of drug-likeness (QED) is 0.875. The fourth-order valence-electron chi connectivity index (χ4n) is 2.89. The van der Waals surface area contributed by atoms with Gasteiger partial charge < -0.3 is 15.2 Å². The molecule has 5 unspecified atom stereocenters. The van der Waals surface area contributed by atoms with E-state index >= 15 is 0 Å². The third-order valence-electron chi connectivity index (χ3n) is 4.22. The first-order valence-corrected chi connectivity index (χ1v) is 7.48. The molecule has 2 N–H and O–H groups in total. The minimum atomic E-state index is -0.499. The molecule has 1 saturated heterocycles. The lowest BCUT2D eigenvalue weighted by Crippen LogP contribution is -2.56. The second-order valence-corrected chi connectivity index (χ2v) is 5.49.